The second-order valence-electron chi connectivity index (χ2n) is 6.45. The van der Waals surface area contributed by atoms with Crippen LogP contribution in [0.5, 0.6) is 11.6 Å². The summed E-state index contributed by atoms with van der Waals surface area (Å²) in [6.45, 7) is 0. The van der Waals surface area contributed by atoms with Crippen molar-refractivity contribution in [3.8, 4) is 23.0 Å². The van der Waals surface area contributed by atoms with Crippen LogP contribution in [-0.4, -0.2) is 28.3 Å². The second kappa shape index (κ2) is 8.02. The average Bonchev–Trinajstić information content (AvgIpc) is 2.78. The Kier molecular flexibility index (Phi) is 5.24. The lowest BCUT2D eigenvalue weighted by Crippen LogP contribution is -2.10. The molecule has 0 radical (unpaired) electrons. The van der Waals surface area contributed by atoms with Gasteiger partial charge in [0.2, 0.25) is 5.88 Å². The fourth-order valence-electron chi connectivity index (χ4n) is 3.00. The molecule has 31 heavy (non-hydrogen) atoms. The number of carbonyl (C=O) groups is 1. The minimum Gasteiger partial charge on any atom is -0.479 e. The van der Waals surface area contributed by atoms with E-state index >= 15 is 0 Å². The zero-order valence-electron chi connectivity index (χ0n) is 16.1. The fraction of sp³-hybridized carbons (Fsp3) is 0.0909. The summed E-state index contributed by atoms with van der Waals surface area (Å²) >= 11 is 0. The van der Waals surface area contributed by atoms with Gasteiger partial charge in [-0.05, 0) is 48.5 Å². The van der Waals surface area contributed by atoms with Crippen LogP contribution in [0.2, 0.25) is 0 Å². The molecule has 2 aromatic carbocycles. The topological polar surface area (TPSA) is 74.2 Å². The number of aromatic nitrogens is 3. The Labute approximate surface area is 174 Å². The Balaban J connectivity index is 1.74. The molecule has 6 nitrogen and oxygen atoms in total. The highest BCUT2D eigenvalue weighted by atomic mass is 19.4. The van der Waals surface area contributed by atoms with E-state index in [9.17, 15) is 18.0 Å². The molecule has 2 heterocycles. The van der Waals surface area contributed by atoms with Gasteiger partial charge in [-0.15, -0.1) is 10.2 Å². The summed E-state index contributed by atoms with van der Waals surface area (Å²) in [5.41, 5.74) is 0.169. The molecule has 9 heteroatoms. The molecule has 0 saturated heterocycles. The van der Waals surface area contributed by atoms with E-state index in [1.807, 2.05) is 0 Å². The summed E-state index contributed by atoms with van der Waals surface area (Å²) in [6, 6.07) is 14.0. The molecule has 0 spiro atoms. The first-order valence-electron chi connectivity index (χ1n) is 9.02. The number of methoxy groups -OCH3 is 1. The van der Waals surface area contributed by atoms with Crippen molar-refractivity contribution in [2.45, 2.75) is 6.18 Å². The van der Waals surface area contributed by atoms with Crippen molar-refractivity contribution < 1.29 is 27.4 Å². The number of benzene rings is 2. The molecule has 0 bridgehead atoms. The van der Waals surface area contributed by atoms with Gasteiger partial charge < -0.3 is 9.47 Å². The number of hydrogen-bond acceptors (Lipinski definition) is 6. The van der Waals surface area contributed by atoms with E-state index in [-0.39, 0.29) is 17.2 Å². The van der Waals surface area contributed by atoms with Gasteiger partial charge in [0.15, 0.2) is 0 Å². The Morgan fingerprint density at radius 2 is 1.77 bits per heavy atom. The van der Waals surface area contributed by atoms with E-state index in [1.54, 1.807) is 30.5 Å². The van der Waals surface area contributed by atoms with E-state index < -0.39 is 17.7 Å². The number of ether oxygens (including phenoxy) is 2. The second-order valence-corrected chi connectivity index (χ2v) is 6.45. The zero-order chi connectivity index (χ0) is 22.0. The quantitative estimate of drug-likeness (QED) is 0.341. The maximum absolute atomic E-state index is 12.9. The number of hydrogen-bond donors (Lipinski definition) is 0. The van der Waals surface area contributed by atoms with Crippen molar-refractivity contribution >= 4 is 16.7 Å². The Morgan fingerprint density at radius 3 is 2.48 bits per heavy atom. The van der Waals surface area contributed by atoms with Gasteiger partial charge in [0.25, 0.3) is 0 Å². The molecule has 0 unspecified atom stereocenters. The number of halogens is 3. The fourth-order valence-corrected chi connectivity index (χ4v) is 3.00. The standard InChI is InChI=1S/C22H14F3N3O3/c1-30-20-16-9-8-13(11-17(16)19(27-28-20)18-7-2-3-10-26-18)21(29)31-15-6-4-5-14(12-15)22(23,24)25/h2-12H,1H3. The molecule has 0 N–H and O–H groups in total. The van der Waals surface area contributed by atoms with Gasteiger partial charge in [0, 0.05) is 17.0 Å². The van der Waals surface area contributed by atoms with Gasteiger partial charge in [-0.3, -0.25) is 4.98 Å². The third-order valence-corrected chi connectivity index (χ3v) is 4.45. The van der Waals surface area contributed by atoms with Crippen molar-refractivity contribution in [3.05, 3.63) is 78.0 Å². The van der Waals surface area contributed by atoms with Crippen LogP contribution in [0.3, 0.4) is 0 Å². The van der Waals surface area contributed by atoms with E-state index in [0.29, 0.717) is 22.2 Å². The summed E-state index contributed by atoms with van der Waals surface area (Å²) < 4.78 is 49.1. The molecule has 156 valence electrons. The highest BCUT2D eigenvalue weighted by molar-refractivity contribution is 6.02. The molecule has 0 aliphatic heterocycles. The molecule has 0 aliphatic carbocycles. The molecular formula is C22H14F3N3O3. The van der Waals surface area contributed by atoms with Crippen molar-refractivity contribution in [1.82, 2.24) is 15.2 Å². The number of pyridine rings is 1. The van der Waals surface area contributed by atoms with Crippen molar-refractivity contribution in [2.24, 2.45) is 0 Å². The highest BCUT2D eigenvalue weighted by Crippen LogP contribution is 2.33. The van der Waals surface area contributed by atoms with Crippen molar-refractivity contribution in [2.75, 3.05) is 7.11 Å². The van der Waals surface area contributed by atoms with Crippen molar-refractivity contribution in [3.63, 3.8) is 0 Å². The molecule has 0 fully saturated rings. The summed E-state index contributed by atoms with van der Waals surface area (Å²) in [5, 5.41) is 9.32. The number of rotatable bonds is 4. The third kappa shape index (κ3) is 4.16. The zero-order valence-corrected chi connectivity index (χ0v) is 16.1. The molecule has 0 saturated carbocycles. The summed E-state index contributed by atoms with van der Waals surface area (Å²) in [4.78, 5) is 16.9. The van der Waals surface area contributed by atoms with E-state index in [4.69, 9.17) is 9.47 Å². The molecule has 0 aliphatic rings. The molecule has 2 aromatic heterocycles. The lowest BCUT2D eigenvalue weighted by molar-refractivity contribution is -0.137. The Morgan fingerprint density at radius 1 is 0.935 bits per heavy atom. The first-order chi connectivity index (χ1) is 14.9. The summed E-state index contributed by atoms with van der Waals surface area (Å²) in [5.74, 6) is -0.772. The highest BCUT2D eigenvalue weighted by Gasteiger charge is 2.30. The van der Waals surface area contributed by atoms with Crippen LogP contribution in [0.15, 0.2) is 66.9 Å². The van der Waals surface area contributed by atoms with Crippen LogP contribution >= 0.6 is 0 Å². The number of alkyl halides is 3. The largest absolute Gasteiger partial charge is 0.479 e. The number of esters is 1. The van der Waals surface area contributed by atoms with Gasteiger partial charge in [-0.25, -0.2) is 4.79 Å². The first kappa shape index (κ1) is 20.3. The summed E-state index contributed by atoms with van der Waals surface area (Å²) in [7, 11) is 1.44. The van der Waals surface area contributed by atoms with Crippen molar-refractivity contribution in [1.29, 1.82) is 0 Å². The van der Waals surface area contributed by atoms with Crippen LogP contribution in [0, 0.1) is 0 Å². The predicted octanol–water partition coefficient (Wildman–Crippen LogP) is 4.94. The predicted molar refractivity (Wildman–Crippen MR) is 106 cm³/mol. The van der Waals surface area contributed by atoms with Gasteiger partial charge in [0.05, 0.1) is 23.9 Å². The number of carbonyl (C=O) groups excluding carboxylic acids is 1. The molecule has 0 atom stereocenters. The van der Waals surface area contributed by atoms with Gasteiger partial charge in [-0.2, -0.15) is 13.2 Å². The molecule has 4 rings (SSSR count). The number of nitrogens with zero attached hydrogens (tertiary/aromatic N) is 3. The number of fused-ring (bicyclic) bond motifs is 1. The monoisotopic (exact) mass is 425 g/mol. The van der Waals surface area contributed by atoms with Crippen LogP contribution in [0.25, 0.3) is 22.2 Å². The minimum absolute atomic E-state index is 0.122. The summed E-state index contributed by atoms with van der Waals surface area (Å²) in [6.07, 6.45) is -2.95. The Bertz CT molecular complexity index is 1260. The molecule has 4 aromatic rings. The maximum Gasteiger partial charge on any atom is 0.416 e. The van der Waals surface area contributed by atoms with E-state index in [1.165, 1.54) is 31.4 Å². The minimum atomic E-state index is -4.54. The SMILES string of the molecule is COc1nnc(-c2ccccn2)c2cc(C(=O)Oc3cccc(C(F)(F)F)c3)ccc12. The molecule has 0 amide bonds. The van der Waals surface area contributed by atoms with E-state index in [2.05, 4.69) is 15.2 Å². The van der Waals surface area contributed by atoms with Gasteiger partial charge in [0.1, 0.15) is 11.4 Å². The van der Waals surface area contributed by atoms with Crippen LogP contribution < -0.4 is 9.47 Å². The lowest BCUT2D eigenvalue weighted by Gasteiger charge is -2.11. The average molecular weight is 425 g/mol. The molecular weight excluding hydrogens is 411 g/mol. The van der Waals surface area contributed by atoms with Crippen LogP contribution in [-0.2, 0) is 6.18 Å². The third-order valence-electron chi connectivity index (χ3n) is 4.45. The lowest BCUT2D eigenvalue weighted by atomic mass is 10.0. The smallest absolute Gasteiger partial charge is 0.416 e. The first-order valence-corrected chi connectivity index (χ1v) is 9.02. The van der Waals surface area contributed by atoms with Gasteiger partial charge in [-0.1, -0.05) is 12.1 Å². The normalized spacial score (nSPS) is 11.4. The van der Waals surface area contributed by atoms with E-state index in [0.717, 1.165) is 12.1 Å². The maximum atomic E-state index is 12.9. The Hall–Kier alpha value is -4.01. The van der Waals surface area contributed by atoms with Crippen LogP contribution in [0.4, 0.5) is 13.2 Å². The van der Waals surface area contributed by atoms with Gasteiger partial charge >= 0.3 is 12.1 Å². The van der Waals surface area contributed by atoms with Crippen LogP contribution in [0.1, 0.15) is 15.9 Å².